The van der Waals surface area contributed by atoms with Gasteiger partial charge in [0.2, 0.25) is 5.91 Å². The lowest BCUT2D eigenvalue weighted by atomic mass is 9.80. The number of aromatic nitrogens is 3. The van der Waals surface area contributed by atoms with Gasteiger partial charge in [-0.2, -0.15) is 18.3 Å². The van der Waals surface area contributed by atoms with Crippen LogP contribution in [0.1, 0.15) is 64.3 Å². The minimum atomic E-state index is -4.95. The zero-order valence-corrected chi connectivity index (χ0v) is 25.1. The highest BCUT2D eigenvalue weighted by atomic mass is 32.1. The molecule has 4 aromatic rings. The molecule has 0 radical (unpaired) electrons. The van der Waals surface area contributed by atoms with Gasteiger partial charge in [-0.1, -0.05) is 18.2 Å². The number of carbonyl (C=O) groups is 2. The molecule has 1 aliphatic heterocycles. The van der Waals surface area contributed by atoms with Crippen molar-refractivity contribution in [1.82, 2.24) is 19.7 Å². The van der Waals surface area contributed by atoms with Crippen molar-refractivity contribution in [2.24, 2.45) is 5.92 Å². The first-order valence-electron chi connectivity index (χ1n) is 14.6. The highest BCUT2D eigenvalue weighted by Gasteiger charge is 2.41. The van der Waals surface area contributed by atoms with Gasteiger partial charge in [-0.25, -0.2) is 14.5 Å². The SMILES string of the molecule is Cc1cc(C2CCN(C(=O)C3CC(O)C3)CC2)ccc1OCc1ccsc1-c1cccc(-n2ncc(C(=O)O)c2C(F)(F)F)n1. The molecule has 0 atom stereocenters. The number of aromatic carboxylic acids is 1. The number of carbonyl (C=O) groups excluding carboxylic acids is 1. The minimum Gasteiger partial charge on any atom is -0.489 e. The molecule has 2 N–H and O–H groups in total. The Kier molecular flexibility index (Phi) is 8.40. The maximum atomic E-state index is 13.8. The van der Waals surface area contributed by atoms with Crippen molar-refractivity contribution in [2.75, 3.05) is 13.1 Å². The summed E-state index contributed by atoms with van der Waals surface area (Å²) >= 11 is 1.37. The van der Waals surface area contributed by atoms with Crippen LogP contribution in [0.3, 0.4) is 0 Å². The number of hydrogen-bond acceptors (Lipinski definition) is 7. The molecular weight excluding hydrogens is 609 g/mol. The molecule has 9 nitrogen and oxygen atoms in total. The van der Waals surface area contributed by atoms with Crippen LogP contribution in [0, 0.1) is 12.8 Å². The number of nitrogens with zero attached hydrogens (tertiary/aromatic N) is 4. The topological polar surface area (TPSA) is 118 Å². The van der Waals surface area contributed by atoms with Crippen molar-refractivity contribution in [3.63, 3.8) is 0 Å². The first-order valence-corrected chi connectivity index (χ1v) is 15.5. The number of piperidine rings is 1. The quantitative estimate of drug-likeness (QED) is 0.240. The molecule has 2 fully saturated rings. The molecule has 6 rings (SSSR count). The first-order chi connectivity index (χ1) is 21.5. The predicted molar refractivity (Wildman–Crippen MR) is 159 cm³/mol. The number of benzene rings is 1. The number of likely N-dealkylation sites (tertiary alicyclic amines) is 1. The smallest absolute Gasteiger partial charge is 0.434 e. The fraction of sp³-hybridized carbons (Fsp3) is 0.375. The molecule has 3 aromatic heterocycles. The first kappa shape index (κ1) is 30.8. The van der Waals surface area contributed by atoms with Gasteiger partial charge in [-0.15, -0.1) is 11.3 Å². The van der Waals surface area contributed by atoms with Gasteiger partial charge in [-0.05, 0) is 79.3 Å². The molecule has 1 aliphatic carbocycles. The number of aliphatic hydroxyl groups is 1. The number of carboxylic acids is 1. The van der Waals surface area contributed by atoms with Crippen LogP contribution in [-0.4, -0.2) is 60.9 Å². The molecule has 4 heterocycles. The summed E-state index contributed by atoms with van der Waals surface area (Å²) in [5.74, 6) is -0.709. The zero-order valence-electron chi connectivity index (χ0n) is 24.3. The van der Waals surface area contributed by atoms with Gasteiger partial charge in [0.25, 0.3) is 0 Å². The van der Waals surface area contributed by atoms with Crippen molar-refractivity contribution in [2.45, 2.75) is 57.4 Å². The summed E-state index contributed by atoms with van der Waals surface area (Å²) in [7, 11) is 0. The van der Waals surface area contributed by atoms with Gasteiger partial charge in [0.15, 0.2) is 11.5 Å². The number of alkyl halides is 3. The molecule has 1 saturated heterocycles. The van der Waals surface area contributed by atoms with Crippen molar-refractivity contribution in [3.05, 3.63) is 82.0 Å². The summed E-state index contributed by atoms with van der Waals surface area (Å²) in [6, 6.07) is 12.5. The Balaban J connectivity index is 1.12. The number of thiophene rings is 1. The Labute approximate surface area is 260 Å². The van der Waals surface area contributed by atoms with Gasteiger partial charge in [0.05, 0.1) is 22.9 Å². The Morgan fingerprint density at radius 1 is 1.11 bits per heavy atom. The fourth-order valence-electron chi connectivity index (χ4n) is 6.02. The number of carboxylic acid groups (broad SMARTS) is 1. The largest absolute Gasteiger partial charge is 0.489 e. The molecule has 0 spiro atoms. The molecule has 236 valence electrons. The van der Waals surface area contributed by atoms with Crippen LogP contribution >= 0.6 is 11.3 Å². The number of amides is 1. The van der Waals surface area contributed by atoms with Crippen LogP contribution < -0.4 is 4.74 Å². The third-order valence-electron chi connectivity index (χ3n) is 8.52. The van der Waals surface area contributed by atoms with E-state index in [0.29, 0.717) is 59.0 Å². The predicted octanol–water partition coefficient (Wildman–Crippen LogP) is 6.08. The molecular formula is C32H31F3N4O5S. The number of halogens is 3. The standard InChI is InChI=1S/C32H31F3N4O5S/c1-18-13-20(19-7-10-38(11-8-19)30(41)22-14-23(40)15-22)5-6-26(18)44-17-21-9-12-45-28(21)25-3-2-4-27(37-25)39-29(32(33,34)35)24(16-36-39)31(42)43/h2-6,9,12-13,16,19,22-23,40H,7-8,10-11,14-15,17H2,1H3,(H,42,43). The van der Waals surface area contributed by atoms with E-state index in [1.54, 1.807) is 12.1 Å². The molecule has 1 aromatic carbocycles. The van der Waals surface area contributed by atoms with E-state index in [1.807, 2.05) is 29.3 Å². The average Bonchev–Trinajstić information content (AvgIpc) is 3.67. The van der Waals surface area contributed by atoms with Crippen LogP contribution in [0.2, 0.25) is 0 Å². The van der Waals surface area contributed by atoms with E-state index in [4.69, 9.17) is 4.74 Å². The highest BCUT2D eigenvalue weighted by Crippen LogP contribution is 2.37. The maximum absolute atomic E-state index is 13.8. The van der Waals surface area contributed by atoms with Crippen molar-refractivity contribution < 1.29 is 37.7 Å². The summed E-state index contributed by atoms with van der Waals surface area (Å²) in [5.41, 5.74) is 1.03. The summed E-state index contributed by atoms with van der Waals surface area (Å²) < 4.78 is 48.0. The zero-order chi connectivity index (χ0) is 31.9. The lowest BCUT2D eigenvalue weighted by Gasteiger charge is -2.38. The van der Waals surface area contributed by atoms with Crippen LogP contribution in [0.15, 0.2) is 54.0 Å². The summed E-state index contributed by atoms with van der Waals surface area (Å²) in [6.07, 6.45) is -1.72. The molecule has 1 saturated carbocycles. The van der Waals surface area contributed by atoms with E-state index >= 15 is 0 Å². The van der Waals surface area contributed by atoms with Crippen LogP contribution in [-0.2, 0) is 17.6 Å². The van der Waals surface area contributed by atoms with Crippen molar-refractivity contribution in [3.8, 4) is 22.1 Å². The second-order valence-electron chi connectivity index (χ2n) is 11.5. The van der Waals surface area contributed by atoms with Crippen molar-refractivity contribution in [1.29, 1.82) is 0 Å². The summed E-state index contributed by atoms with van der Waals surface area (Å²) in [5, 5.41) is 24.3. The van der Waals surface area contributed by atoms with Crippen LogP contribution in [0.25, 0.3) is 16.4 Å². The van der Waals surface area contributed by atoms with E-state index < -0.39 is 23.4 Å². The average molecular weight is 641 g/mol. The third-order valence-corrected chi connectivity index (χ3v) is 9.50. The van der Waals surface area contributed by atoms with Crippen LogP contribution in [0.4, 0.5) is 13.2 Å². The van der Waals surface area contributed by atoms with Gasteiger partial charge in [0.1, 0.15) is 17.9 Å². The van der Waals surface area contributed by atoms with E-state index in [0.717, 1.165) is 24.0 Å². The second-order valence-corrected chi connectivity index (χ2v) is 12.4. The normalized spacial score (nSPS) is 18.9. The number of pyridine rings is 1. The van der Waals surface area contributed by atoms with E-state index in [-0.39, 0.29) is 30.4 Å². The monoisotopic (exact) mass is 640 g/mol. The van der Waals surface area contributed by atoms with Gasteiger partial charge >= 0.3 is 12.1 Å². The number of aliphatic hydroxyl groups excluding tert-OH is 1. The minimum absolute atomic E-state index is 0.0376. The molecule has 0 bridgehead atoms. The number of hydrogen-bond donors (Lipinski definition) is 2. The Morgan fingerprint density at radius 3 is 2.53 bits per heavy atom. The van der Waals surface area contributed by atoms with E-state index in [1.165, 1.54) is 23.0 Å². The van der Waals surface area contributed by atoms with E-state index in [9.17, 15) is 33.0 Å². The molecule has 13 heteroatoms. The molecule has 45 heavy (non-hydrogen) atoms. The number of ether oxygens (including phenoxy) is 1. The Morgan fingerprint density at radius 2 is 1.87 bits per heavy atom. The van der Waals surface area contributed by atoms with Crippen molar-refractivity contribution >= 4 is 23.2 Å². The lowest BCUT2D eigenvalue weighted by Crippen LogP contribution is -2.46. The Hall–Kier alpha value is -4.23. The molecule has 0 unspecified atom stereocenters. The van der Waals surface area contributed by atoms with Gasteiger partial charge in [0, 0.05) is 24.6 Å². The van der Waals surface area contributed by atoms with Gasteiger partial charge in [-0.3, -0.25) is 4.79 Å². The molecule has 2 aliphatic rings. The summed E-state index contributed by atoms with van der Waals surface area (Å²) in [4.78, 5) is 31.1. The highest BCUT2D eigenvalue weighted by molar-refractivity contribution is 7.13. The lowest BCUT2D eigenvalue weighted by molar-refractivity contribution is -0.144. The number of aryl methyl sites for hydroxylation is 1. The third kappa shape index (κ3) is 6.32. The number of rotatable bonds is 8. The second kappa shape index (κ2) is 12.3. The van der Waals surface area contributed by atoms with Crippen LogP contribution in [0.5, 0.6) is 5.75 Å². The summed E-state index contributed by atoms with van der Waals surface area (Å²) in [6.45, 7) is 3.61. The van der Waals surface area contributed by atoms with Gasteiger partial charge < -0.3 is 19.8 Å². The molecule has 1 amide bonds. The maximum Gasteiger partial charge on any atom is 0.434 e. The Bertz CT molecular complexity index is 1720. The van der Waals surface area contributed by atoms with E-state index in [2.05, 4.69) is 22.2 Å². The fourth-order valence-corrected chi connectivity index (χ4v) is 6.90.